The molecule has 2 fully saturated rings. The zero-order valence-corrected chi connectivity index (χ0v) is 14.9. The molecule has 1 aliphatic carbocycles. The molecule has 0 bridgehead atoms. The maximum atomic E-state index is 11.8. The van der Waals surface area contributed by atoms with E-state index in [2.05, 4.69) is 16.0 Å². The van der Waals surface area contributed by atoms with Crippen molar-refractivity contribution < 1.29 is 9.59 Å². The molecule has 1 saturated heterocycles. The third-order valence-electron chi connectivity index (χ3n) is 4.96. The maximum Gasteiger partial charge on any atom is 0.220 e. The first-order valence-electron chi connectivity index (χ1n) is 8.98. The Hall–Kier alpha value is -0.810. The molecular weight excluding hydrogens is 314 g/mol. The SMILES string of the molecule is Cl.O=C(CCC1CCNCC1)NCCNC(=O)CC1CCCC1. The van der Waals surface area contributed by atoms with Crippen molar-refractivity contribution in [2.75, 3.05) is 26.2 Å². The fourth-order valence-electron chi connectivity index (χ4n) is 3.55. The van der Waals surface area contributed by atoms with E-state index in [-0.39, 0.29) is 24.2 Å². The molecule has 2 amide bonds. The molecule has 6 heteroatoms. The lowest BCUT2D eigenvalue weighted by atomic mass is 9.93. The second-order valence-corrected chi connectivity index (χ2v) is 6.79. The van der Waals surface area contributed by atoms with Gasteiger partial charge in [0.05, 0.1) is 0 Å². The van der Waals surface area contributed by atoms with Crippen molar-refractivity contribution >= 4 is 24.2 Å². The number of carbonyl (C=O) groups is 2. The Labute approximate surface area is 146 Å². The predicted molar refractivity (Wildman–Crippen MR) is 94.7 cm³/mol. The van der Waals surface area contributed by atoms with Crippen molar-refractivity contribution in [3.05, 3.63) is 0 Å². The standard InChI is InChI=1S/C17H31N3O2.ClH/c21-16(6-5-14-7-9-18-10-8-14)19-11-12-20-17(22)13-15-3-1-2-4-15;/h14-15,18H,1-13H2,(H,19,21)(H,20,22);1H. The van der Waals surface area contributed by atoms with Gasteiger partial charge in [-0.2, -0.15) is 0 Å². The molecule has 5 nitrogen and oxygen atoms in total. The Morgan fingerprint density at radius 2 is 1.48 bits per heavy atom. The first-order chi connectivity index (χ1) is 10.7. The minimum Gasteiger partial charge on any atom is -0.354 e. The average Bonchev–Trinajstić information content (AvgIpc) is 3.03. The van der Waals surface area contributed by atoms with Crippen LogP contribution >= 0.6 is 12.4 Å². The molecule has 0 aromatic carbocycles. The number of amides is 2. The highest BCUT2D eigenvalue weighted by molar-refractivity contribution is 5.85. The largest absolute Gasteiger partial charge is 0.354 e. The van der Waals surface area contributed by atoms with Gasteiger partial charge in [0.2, 0.25) is 11.8 Å². The van der Waals surface area contributed by atoms with E-state index >= 15 is 0 Å². The van der Waals surface area contributed by atoms with Crippen LogP contribution in [0.2, 0.25) is 0 Å². The molecule has 23 heavy (non-hydrogen) atoms. The van der Waals surface area contributed by atoms with Crippen molar-refractivity contribution in [3.8, 4) is 0 Å². The fourth-order valence-corrected chi connectivity index (χ4v) is 3.55. The number of hydrogen-bond donors (Lipinski definition) is 3. The van der Waals surface area contributed by atoms with E-state index < -0.39 is 0 Å². The van der Waals surface area contributed by atoms with Crippen LogP contribution in [0.1, 0.15) is 57.8 Å². The molecule has 1 saturated carbocycles. The molecule has 0 unspecified atom stereocenters. The topological polar surface area (TPSA) is 70.2 Å². The minimum atomic E-state index is 0. The van der Waals surface area contributed by atoms with E-state index in [1.54, 1.807) is 0 Å². The van der Waals surface area contributed by atoms with E-state index in [9.17, 15) is 9.59 Å². The zero-order valence-electron chi connectivity index (χ0n) is 14.1. The summed E-state index contributed by atoms with van der Waals surface area (Å²) >= 11 is 0. The summed E-state index contributed by atoms with van der Waals surface area (Å²) in [6.45, 7) is 3.25. The molecule has 0 spiro atoms. The molecule has 1 aliphatic heterocycles. The fraction of sp³-hybridized carbons (Fsp3) is 0.882. The van der Waals surface area contributed by atoms with E-state index in [4.69, 9.17) is 0 Å². The first kappa shape index (κ1) is 20.2. The van der Waals surface area contributed by atoms with Crippen LogP contribution in [0, 0.1) is 11.8 Å². The van der Waals surface area contributed by atoms with Gasteiger partial charge in [-0.05, 0) is 57.0 Å². The molecule has 0 aromatic rings. The predicted octanol–water partition coefficient (Wildman–Crippen LogP) is 2.00. The monoisotopic (exact) mass is 345 g/mol. The van der Waals surface area contributed by atoms with Crippen LogP contribution in [-0.2, 0) is 9.59 Å². The molecule has 2 aliphatic rings. The van der Waals surface area contributed by atoms with Gasteiger partial charge in [0.1, 0.15) is 0 Å². The van der Waals surface area contributed by atoms with E-state index in [1.807, 2.05) is 0 Å². The third kappa shape index (κ3) is 8.56. The van der Waals surface area contributed by atoms with Gasteiger partial charge in [-0.25, -0.2) is 0 Å². The van der Waals surface area contributed by atoms with E-state index in [0.29, 0.717) is 37.8 Å². The van der Waals surface area contributed by atoms with Crippen molar-refractivity contribution in [3.63, 3.8) is 0 Å². The van der Waals surface area contributed by atoms with Crippen LogP contribution < -0.4 is 16.0 Å². The van der Waals surface area contributed by atoms with Gasteiger partial charge in [-0.15, -0.1) is 12.4 Å². The Bertz CT molecular complexity index is 354. The Morgan fingerprint density at radius 1 is 0.870 bits per heavy atom. The normalized spacial score (nSPS) is 19.1. The third-order valence-corrected chi connectivity index (χ3v) is 4.96. The molecule has 0 radical (unpaired) electrons. The number of rotatable bonds is 8. The molecule has 2 rings (SSSR count). The van der Waals surface area contributed by atoms with Gasteiger partial charge in [0.15, 0.2) is 0 Å². The molecular formula is C17H32ClN3O2. The summed E-state index contributed by atoms with van der Waals surface area (Å²) in [7, 11) is 0. The van der Waals surface area contributed by atoms with Crippen molar-refractivity contribution in [2.45, 2.75) is 57.8 Å². The van der Waals surface area contributed by atoms with Crippen LogP contribution in [0.15, 0.2) is 0 Å². The Morgan fingerprint density at radius 3 is 2.13 bits per heavy atom. The second-order valence-electron chi connectivity index (χ2n) is 6.79. The second kappa shape index (κ2) is 11.7. The van der Waals surface area contributed by atoms with Crippen molar-refractivity contribution in [1.82, 2.24) is 16.0 Å². The number of halogens is 1. The summed E-state index contributed by atoms with van der Waals surface area (Å²) in [4.78, 5) is 23.5. The molecule has 134 valence electrons. The summed E-state index contributed by atoms with van der Waals surface area (Å²) in [5.74, 6) is 1.53. The summed E-state index contributed by atoms with van der Waals surface area (Å²) in [5.41, 5.74) is 0. The quantitative estimate of drug-likeness (QED) is 0.589. The van der Waals surface area contributed by atoms with Gasteiger partial charge in [0, 0.05) is 25.9 Å². The van der Waals surface area contributed by atoms with Crippen LogP contribution in [-0.4, -0.2) is 38.0 Å². The lowest BCUT2D eigenvalue weighted by Crippen LogP contribution is -2.35. The lowest BCUT2D eigenvalue weighted by Gasteiger charge is -2.22. The summed E-state index contributed by atoms with van der Waals surface area (Å²) in [6.07, 6.45) is 9.55. The number of hydrogen-bond acceptors (Lipinski definition) is 3. The smallest absolute Gasteiger partial charge is 0.220 e. The van der Waals surface area contributed by atoms with Gasteiger partial charge in [0.25, 0.3) is 0 Å². The first-order valence-corrected chi connectivity index (χ1v) is 8.98. The van der Waals surface area contributed by atoms with Crippen LogP contribution in [0.5, 0.6) is 0 Å². The average molecular weight is 346 g/mol. The minimum absolute atomic E-state index is 0. The highest BCUT2D eigenvalue weighted by Gasteiger charge is 2.18. The summed E-state index contributed by atoms with van der Waals surface area (Å²) in [6, 6.07) is 0. The van der Waals surface area contributed by atoms with Crippen LogP contribution in [0.3, 0.4) is 0 Å². The maximum absolute atomic E-state index is 11.8. The molecule has 1 heterocycles. The summed E-state index contributed by atoms with van der Waals surface area (Å²) in [5, 5.41) is 9.15. The van der Waals surface area contributed by atoms with Crippen LogP contribution in [0.4, 0.5) is 0 Å². The van der Waals surface area contributed by atoms with Gasteiger partial charge >= 0.3 is 0 Å². The van der Waals surface area contributed by atoms with Gasteiger partial charge in [-0.1, -0.05) is 12.8 Å². The Balaban J connectivity index is 0.00000264. The number of nitrogens with one attached hydrogen (secondary N) is 3. The highest BCUT2D eigenvalue weighted by atomic mass is 35.5. The van der Waals surface area contributed by atoms with E-state index in [0.717, 1.165) is 19.5 Å². The summed E-state index contributed by atoms with van der Waals surface area (Å²) < 4.78 is 0. The lowest BCUT2D eigenvalue weighted by molar-refractivity contribution is -0.123. The van der Waals surface area contributed by atoms with Gasteiger partial charge < -0.3 is 16.0 Å². The van der Waals surface area contributed by atoms with Crippen LogP contribution in [0.25, 0.3) is 0 Å². The Kier molecular flexibility index (Phi) is 10.3. The number of piperidine rings is 1. The highest BCUT2D eigenvalue weighted by Crippen LogP contribution is 2.27. The number of carbonyl (C=O) groups excluding carboxylic acids is 2. The van der Waals surface area contributed by atoms with E-state index in [1.165, 1.54) is 38.5 Å². The molecule has 0 atom stereocenters. The van der Waals surface area contributed by atoms with Crippen molar-refractivity contribution in [2.24, 2.45) is 11.8 Å². The molecule has 3 N–H and O–H groups in total. The molecule has 0 aromatic heterocycles. The van der Waals surface area contributed by atoms with Gasteiger partial charge in [-0.3, -0.25) is 9.59 Å². The zero-order chi connectivity index (χ0) is 15.6. The van der Waals surface area contributed by atoms with Crippen molar-refractivity contribution in [1.29, 1.82) is 0 Å².